The van der Waals surface area contributed by atoms with Crippen molar-refractivity contribution >= 4 is 15.9 Å². The molecule has 0 aromatic heterocycles. The molecule has 2 atom stereocenters. The summed E-state index contributed by atoms with van der Waals surface area (Å²) in [6, 6.07) is 8.88. The van der Waals surface area contributed by atoms with Crippen LogP contribution in [0.2, 0.25) is 0 Å². The summed E-state index contributed by atoms with van der Waals surface area (Å²) in [4.78, 5) is 0.419. The number of aryl methyl sites for hydroxylation is 1. The van der Waals surface area contributed by atoms with Crippen molar-refractivity contribution in [3.63, 3.8) is 0 Å². The van der Waals surface area contributed by atoms with Gasteiger partial charge in [0.05, 0.1) is 0 Å². The molecular formula is C23H39BrO3. The fraction of sp³-hybridized carbons (Fsp3) is 0.739. The Morgan fingerprint density at radius 1 is 0.926 bits per heavy atom. The summed E-state index contributed by atoms with van der Waals surface area (Å²) in [5.41, 5.74) is 2.71. The lowest BCUT2D eigenvalue weighted by molar-refractivity contribution is -0.380. The summed E-state index contributed by atoms with van der Waals surface area (Å²) < 4.78 is 17.1. The maximum Gasteiger partial charge on any atom is 0.285 e. The molecule has 1 aromatic rings. The van der Waals surface area contributed by atoms with Crippen LogP contribution in [0.1, 0.15) is 81.2 Å². The van der Waals surface area contributed by atoms with Gasteiger partial charge in [-0.15, -0.1) is 0 Å². The third-order valence-corrected chi connectivity index (χ3v) is 6.64. The van der Waals surface area contributed by atoms with E-state index in [1.54, 1.807) is 21.3 Å². The van der Waals surface area contributed by atoms with E-state index in [0.717, 1.165) is 25.7 Å². The number of benzene rings is 1. The zero-order valence-corrected chi connectivity index (χ0v) is 19.5. The van der Waals surface area contributed by atoms with Gasteiger partial charge in [0.1, 0.15) is 0 Å². The molecule has 0 N–H and O–H groups in total. The van der Waals surface area contributed by atoms with Crippen molar-refractivity contribution in [3.8, 4) is 0 Å². The Labute approximate surface area is 175 Å². The van der Waals surface area contributed by atoms with Crippen molar-refractivity contribution in [2.75, 3.05) is 21.3 Å². The number of hydrogen-bond donors (Lipinski definition) is 0. The third kappa shape index (κ3) is 7.84. The van der Waals surface area contributed by atoms with E-state index in [0.29, 0.717) is 4.83 Å². The minimum absolute atomic E-state index is 0.203. The molecule has 1 aromatic carbocycles. The van der Waals surface area contributed by atoms with Crippen LogP contribution in [-0.2, 0) is 20.6 Å². The summed E-state index contributed by atoms with van der Waals surface area (Å²) in [5, 5.41) is 0. The highest BCUT2D eigenvalue weighted by Gasteiger charge is 2.39. The Morgan fingerprint density at radius 3 is 2.19 bits per heavy atom. The third-order valence-electron chi connectivity index (χ3n) is 5.46. The van der Waals surface area contributed by atoms with Gasteiger partial charge in [0, 0.05) is 32.1 Å². The van der Waals surface area contributed by atoms with Gasteiger partial charge in [0.2, 0.25) is 0 Å². The van der Waals surface area contributed by atoms with Crippen molar-refractivity contribution in [2.45, 2.75) is 82.4 Å². The lowest BCUT2D eigenvalue weighted by Gasteiger charge is -2.36. The van der Waals surface area contributed by atoms with Crippen LogP contribution in [0, 0.1) is 5.92 Å². The molecule has 0 aliphatic rings. The smallest absolute Gasteiger partial charge is 0.285 e. The van der Waals surface area contributed by atoms with Crippen LogP contribution in [0.15, 0.2) is 24.3 Å². The highest BCUT2D eigenvalue weighted by atomic mass is 79.9. The van der Waals surface area contributed by atoms with Crippen LogP contribution >= 0.6 is 15.9 Å². The highest BCUT2D eigenvalue weighted by molar-refractivity contribution is 9.09. The zero-order chi connectivity index (χ0) is 20.1. The molecular weight excluding hydrogens is 404 g/mol. The predicted octanol–water partition coefficient (Wildman–Crippen LogP) is 7.03. The second-order valence-electron chi connectivity index (χ2n) is 7.28. The second kappa shape index (κ2) is 13.7. The number of ether oxygens (including phenoxy) is 3. The lowest BCUT2D eigenvalue weighted by atomic mass is 9.90. The Morgan fingerprint density at radius 2 is 1.59 bits per heavy atom. The molecule has 0 radical (unpaired) electrons. The van der Waals surface area contributed by atoms with Gasteiger partial charge in [-0.25, -0.2) is 0 Å². The van der Waals surface area contributed by atoms with Gasteiger partial charge in [-0.2, -0.15) is 0 Å². The van der Waals surface area contributed by atoms with Crippen LogP contribution in [0.5, 0.6) is 0 Å². The van der Waals surface area contributed by atoms with E-state index in [2.05, 4.69) is 54.0 Å². The Kier molecular flexibility index (Phi) is 12.5. The average Bonchev–Trinajstić information content (AvgIpc) is 2.72. The minimum atomic E-state index is -0.955. The first-order valence-corrected chi connectivity index (χ1v) is 11.4. The summed E-state index contributed by atoms with van der Waals surface area (Å²) in [6.07, 6.45) is 10.4. The predicted molar refractivity (Wildman–Crippen MR) is 117 cm³/mol. The lowest BCUT2D eigenvalue weighted by Crippen LogP contribution is -2.44. The van der Waals surface area contributed by atoms with E-state index in [1.807, 2.05) is 0 Å². The van der Waals surface area contributed by atoms with Crippen molar-refractivity contribution in [1.82, 2.24) is 0 Å². The first kappa shape index (κ1) is 24.6. The summed E-state index contributed by atoms with van der Waals surface area (Å²) >= 11 is 3.76. The molecule has 0 saturated carbocycles. The number of rotatable bonds is 15. The Balaban J connectivity index is 2.78. The van der Waals surface area contributed by atoms with Gasteiger partial charge in [-0.1, -0.05) is 86.1 Å². The van der Waals surface area contributed by atoms with E-state index in [9.17, 15) is 0 Å². The molecule has 0 saturated heterocycles. The molecule has 27 heavy (non-hydrogen) atoms. The van der Waals surface area contributed by atoms with Gasteiger partial charge in [0.15, 0.2) is 0 Å². The van der Waals surface area contributed by atoms with Crippen LogP contribution in [0.3, 0.4) is 0 Å². The second-order valence-corrected chi connectivity index (χ2v) is 8.38. The van der Waals surface area contributed by atoms with Gasteiger partial charge in [-0.3, -0.25) is 0 Å². The normalized spacial score (nSPS) is 14.3. The molecule has 3 nitrogen and oxygen atoms in total. The largest absolute Gasteiger partial charge is 0.331 e. The molecule has 1 rings (SSSR count). The highest BCUT2D eigenvalue weighted by Crippen LogP contribution is 2.33. The van der Waals surface area contributed by atoms with Gasteiger partial charge < -0.3 is 14.2 Å². The van der Waals surface area contributed by atoms with Crippen molar-refractivity contribution in [2.24, 2.45) is 5.92 Å². The van der Waals surface area contributed by atoms with Crippen LogP contribution < -0.4 is 0 Å². The monoisotopic (exact) mass is 442 g/mol. The van der Waals surface area contributed by atoms with E-state index in [1.165, 1.54) is 43.2 Å². The van der Waals surface area contributed by atoms with Crippen LogP contribution in [-0.4, -0.2) is 27.3 Å². The van der Waals surface area contributed by atoms with Gasteiger partial charge in [0.25, 0.3) is 5.97 Å². The maximum atomic E-state index is 5.69. The summed E-state index contributed by atoms with van der Waals surface area (Å²) in [5.74, 6) is -0.752. The number of unbranched alkanes of at least 4 members (excludes halogenated alkanes) is 4. The molecule has 0 aliphatic heterocycles. The molecule has 0 bridgehead atoms. The van der Waals surface area contributed by atoms with E-state index >= 15 is 0 Å². The van der Waals surface area contributed by atoms with Crippen molar-refractivity contribution < 1.29 is 14.2 Å². The number of methoxy groups -OCH3 is 3. The molecule has 0 aliphatic carbocycles. The van der Waals surface area contributed by atoms with Gasteiger partial charge in [-0.05, 0) is 36.8 Å². The first-order chi connectivity index (χ1) is 13.1. The summed E-state index contributed by atoms with van der Waals surface area (Å²) in [7, 11) is 5.02. The molecule has 156 valence electrons. The average molecular weight is 443 g/mol. The van der Waals surface area contributed by atoms with E-state index in [-0.39, 0.29) is 5.92 Å². The van der Waals surface area contributed by atoms with E-state index < -0.39 is 5.97 Å². The molecule has 4 heteroatoms. The Bertz CT molecular complexity index is 494. The first-order valence-electron chi connectivity index (χ1n) is 10.4. The van der Waals surface area contributed by atoms with Gasteiger partial charge >= 0.3 is 0 Å². The number of alkyl halides is 1. The summed E-state index contributed by atoms with van der Waals surface area (Å²) in [6.45, 7) is 4.45. The van der Waals surface area contributed by atoms with Crippen molar-refractivity contribution in [3.05, 3.63) is 35.4 Å². The molecule has 0 amide bonds. The minimum Gasteiger partial charge on any atom is -0.331 e. The number of halogens is 1. The topological polar surface area (TPSA) is 27.7 Å². The zero-order valence-electron chi connectivity index (χ0n) is 17.9. The fourth-order valence-electron chi connectivity index (χ4n) is 3.76. The number of hydrogen-bond acceptors (Lipinski definition) is 3. The van der Waals surface area contributed by atoms with Crippen LogP contribution in [0.25, 0.3) is 0 Å². The standard InChI is InChI=1S/C23H39BrO3/c1-6-8-9-10-11-15-21(23(25-3,26-4)27-5)17-16-19-13-12-14-20(18-19)22(24)7-2/h12-14,18,21-22H,6-11,15-17H2,1-5H3. The molecule has 0 heterocycles. The Hall–Kier alpha value is -0.420. The molecule has 0 fully saturated rings. The molecule has 0 spiro atoms. The van der Waals surface area contributed by atoms with E-state index in [4.69, 9.17) is 14.2 Å². The maximum absolute atomic E-state index is 5.69. The fourth-order valence-corrected chi connectivity index (χ4v) is 4.05. The molecule has 2 unspecified atom stereocenters. The quantitative estimate of drug-likeness (QED) is 0.165. The van der Waals surface area contributed by atoms with Crippen LogP contribution in [0.4, 0.5) is 0 Å². The van der Waals surface area contributed by atoms with Crippen molar-refractivity contribution in [1.29, 1.82) is 0 Å². The SMILES string of the molecule is CCCCCCCC(CCc1cccc(C(Br)CC)c1)C(OC)(OC)OC.